The SMILES string of the molecule is CCCCCn1c(=O)ccc2c(-c3ccccc3Cl)nc(NC(CO)CO)nc21. The van der Waals surface area contributed by atoms with Gasteiger partial charge >= 0.3 is 0 Å². The summed E-state index contributed by atoms with van der Waals surface area (Å²) in [7, 11) is 0. The smallest absolute Gasteiger partial charge is 0.252 e. The Labute approximate surface area is 174 Å². The van der Waals surface area contributed by atoms with Crippen LogP contribution in [0.25, 0.3) is 22.3 Å². The number of aromatic nitrogens is 3. The molecule has 0 saturated heterocycles. The monoisotopic (exact) mass is 416 g/mol. The second kappa shape index (κ2) is 9.82. The molecule has 8 heteroatoms. The van der Waals surface area contributed by atoms with Crippen LogP contribution in [0.4, 0.5) is 5.95 Å². The fourth-order valence-corrected chi connectivity index (χ4v) is 3.38. The standard InChI is InChI=1S/C21H25ClN4O3/c1-2-3-6-11-26-18(29)10-9-16-19(15-7-4-5-8-17(15)22)24-21(25-20(16)26)23-14(12-27)13-28/h4-5,7-10,14,27-28H,2-3,6,11-13H2,1H3,(H,23,24,25). The van der Waals surface area contributed by atoms with Crippen molar-refractivity contribution in [2.24, 2.45) is 0 Å². The van der Waals surface area contributed by atoms with Gasteiger partial charge in [0, 0.05) is 28.6 Å². The minimum absolute atomic E-state index is 0.135. The van der Waals surface area contributed by atoms with Gasteiger partial charge in [0.05, 0.1) is 24.9 Å². The molecule has 0 spiro atoms. The molecule has 0 bridgehead atoms. The summed E-state index contributed by atoms with van der Waals surface area (Å²) in [5, 5.41) is 23.0. The minimum atomic E-state index is -0.615. The second-order valence-electron chi connectivity index (χ2n) is 6.85. The van der Waals surface area contributed by atoms with Gasteiger partial charge in [-0.1, -0.05) is 49.6 Å². The van der Waals surface area contributed by atoms with E-state index >= 15 is 0 Å². The lowest BCUT2D eigenvalue weighted by molar-refractivity contribution is 0.203. The van der Waals surface area contributed by atoms with Gasteiger partial charge in [0.15, 0.2) is 0 Å². The molecule has 0 fully saturated rings. The van der Waals surface area contributed by atoms with Crippen molar-refractivity contribution in [1.29, 1.82) is 0 Å². The molecule has 0 atom stereocenters. The van der Waals surface area contributed by atoms with Crippen molar-refractivity contribution in [2.45, 2.75) is 38.8 Å². The molecule has 1 aromatic carbocycles. The van der Waals surface area contributed by atoms with E-state index in [1.54, 1.807) is 16.7 Å². The molecule has 2 aromatic heterocycles. The quantitative estimate of drug-likeness (QED) is 0.463. The molecule has 3 rings (SSSR count). The van der Waals surface area contributed by atoms with Gasteiger partial charge in [0.25, 0.3) is 5.56 Å². The first-order valence-electron chi connectivity index (χ1n) is 9.73. The number of benzene rings is 1. The van der Waals surface area contributed by atoms with E-state index in [4.69, 9.17) is 11.6 Å². The predicted octanol–water partition coefficient (Wildman–Crippen LogP) is 3.07. The average molecular weight is 417 g/mol. The predicted molar refractivity (Wildman–Crippen MR) is 115 cm³/mol. The van der Waals surface area contributed by atoms with Crippen LogP contribution in [0.15, 0.2) is 41.2 Å². The molecule has 7 nitrogen and oxygen atoms in total. The number of pyridine rings is 1. The summed E-state index contributed by atoms with van der Waals surface area (Å²) in [6.07, 6.45) is 2.91. The van der Waals surface area contributed by atoms with E-state index in [0.717, 1.165) is 19.3 Å². The fourth-order valence-electron chi connectivity index (χ4n) is 3.16. The first-order valence-corrected chi connectivity index (χ1v) is 10.1. The molecule has 0 aliphatic heterocycles. The summed E-state index contributed by atoms with van der Waals surface area (Å²) < 4.78 is 1.64. The van der Waals surface area contributed by atoms with Crippen molar-refractivity contribution < 1.29 is 10.2 Å². The number of nitrogens with zero attached hydrogens (tertiary/aromatic N) is 3. The Morgan fingerprint density at radius 3 is 2.55 bits per heavy atom. The van der Waals surface area contributed by atoms with E-state index in [-0.39, 0.29) is 24.7 Å². The summed E-state index contributed by atoms with van der Waals surface area (Å²) in [5.41, 5.74) is 1.66. The van der Waals surface area contributed by atoms with Crippen LogP contribution in [0.1, 0.15) is 26.2 Å². The van der Waals surface area contributed by atoms with Crippen LogP contribution in [-0.2, 0) is 6.54 Å². The minimum Gasteiger partial charge on any atom is -0.394 e. The second-order valence-corrected chi connectivity index (χ2v) is 7.26. The highest BCUT2D eigenvalue weighted by molar-refractivity contribution is 6.33. The Balaban J connectivity index is 2.23. The lowest BCUT2D eigenvalue weighted by Gasteiger charge is -2.17. The molecule has 0 unspecified atom stereocenters. The normalized spacial score (nSPS) is 11.3. The number of anilines is 1. The molecule has 154 valence electrons. The van der Waals surface area contributed by atoms with E-state index in [1.165, 1.54) is 6.07 Å². The Bertz CT molecular complexity index is 1030. The number of aliphatic hydroxyl groups excluding tert-OH is 2. The van der Waals surface area contributed by atoms with E-state index in [9.17, 15) is 15.0 Å². The number of unbranched alkanes of at least 4 members (excludes halogenated alkanes) is 2. The van der Waals surface area contributed by atoms with Gasteiger partial charge in [-0.15, -0.1) is 0 Å². The summed E-state index contributed by atoms with van der Waals surface area (Å²) in [4.78, 5) is 21.7. The highest BCUT2D eigenvalue weighted by Gasteiger charge is 2.17. The molecule has 0 saturated carbocycles. The molecule has 0 radical (unpaired) electrons. The third-order valence-corrected chi connectivity index (χ3v) is 5.06. The molecule has 0 aliphatic rings. The molecular weight excluding hydrogens is 392 g/mol. The van der Waals surface area contributed by atoms with Gasteiger partial charge in [-0.25, -0.2) is 4.98 Å². The molecule has 2 heterocycles. The molecule has 29 heavy (non-hydrogen) atoms. The number of aliphatic hydroxyl groups is 2. The van der Waals surface area contributed by atoms with Crippen molar-refractivity contribution in [2.75, 3.05) is 18.5 Å². The van der Waals surface area contributed by atoms with Crippen molar-refractivity contribution >= 4 is 28.6 Å². The molecule has 3 aromatic rings. The number of aryl methyl sites for hydroxylation is 1. The molecule has 0 aliphatic carbocycles. The van der Waals surface area contributed by atoms with Crippen LogP contribution in [0.5, 0.6) is 0 Å². The van der Waals surface area contributed by atoms with Crippen LogP contribution in [-0.4, -0.2) is 44.0 Å². The number of nitrogens with one attached hydrogen (secondary N) is 1. The Morgan fingerprint density at radius 1 is 1.10 bits per heavy atom. The van der Waals surface area contributed by atoms with Crippen LogP contribution in [0.2, 0.25) is 5.02 Å². The van der Waals surface area contributed by atoms with Gasteiger partial charge in [-0.2, -0.15) is 4.98 Å². The Kier molecular flexibility index (Phi) is 7.19. The third kappa shape index (κ3) is 4.75. The maximum atomic E-state index is 12.6. The van der Waals surface area contributed by atoms with Crippen LogP contribution < -0.4 is 10.9 Å². The zero-order valence-electron chi connectivity index (χ0n) is 16.3. The zero-order valence-corrected chi connectivity index (χ0v) is 17.1. The lowest BCUT2D eigenvalue weighted by atomic mass is 10.1. The van der Waals surface area contributed by atoms with Gasteiger partial charge in [0.1, 0.15) is 5.65 Å². The number of hydrogen-bond acceptors (Lipinski definition) is 6. The summed E-state index contributed by atoms with van der Waals surface area (Å²) >= 11 is 6.42. The van der Waals surface area contributed by atoms with Crippen molar-refractivity contribution in [3.05, 3.63) is 51.8 Å². The van der Waals surface area contributed by atoms with Gasteiger partial charge < -0.3 is 15.5 Å². The van der Waals surface area contributed by atoms with E-state index in [0.29, 0.717) is 33.9 Å². The number of rotatable bonds is 9. The lowest BCUT2D eigenvalue weighted by Crippen LogP contribution is -2.29. The van der Waals surface area contributed by atoms with Gasteiger partial charge in [-0.3, -0.25) is 9.36 Å². The van der Waals surface area contributed by atoms with Crippen LogP contribution in [0, 0.1) is 0 Å². The number of hydrogen-bond donors (Lipinski definition) is 3. The Morgan fingerprint density at radius 2 is 1.86 bits per heavy atom. The number of fused-ring (bicyclic) bond motifs is 1. The van der Waals surface area contributed by atoms with Gasteiger partial charge in [0.2, 0.25) is 5.95 Å². The first kappa shape index (κ1) is 21.2. The zero-order chi connectivity index (χ0) is 20.8. The van der Waals surface area contributed by atoms with Crippen molar-refractivity contribution in [3.63, 3.8) is 0 Å². The molecular formula is C21H25ClN4O3. The fraction of sp³-hybridized carbons (Fsp3) is 0.381. The number of halogens is 1. The maximum Gasteiger partial charge on any atom is 0.252 e. The van der Waals surface area contributed by atoms with Gasteiger partial charge in [-0.05, 0) is 18.6 Å². The van der Waals surface area contributed by atoms with E-state index in [1.807, 2.05) is 18.2 Å². The van der Waals surface area contributed by atoms with Crippen LogP contribution in [0.3, 0.4) is 0 Å². The highest BCUT2D eigenvalue weighted by atomic mass is 35.5. The highest BCUT2D eigenvalue weighted by Crippen LogP contribution is 2.32. The maximum absolute atomic E-state index is 12.6. The molecule has 0 amide bonds. The summed E-state index contributed by atoms with van der Waals surface area (Å²) in [6.45, 7) is 2.09. The van der Waals surface area contributed by atoms with Crippen molar-refractivity contribution in [3.8, 4) is 11.3 Å². The average Bonchev–Trinajstić information content (AvgIpc) is 2.73. The summed E-state index contributed by atoms with van der Waals surface area (Å²) in [6, 6.07) is 9.96. The van der Waals surface area contributed by atoms with E-state index in [2.05, 4.69) is 22.2 Å². The summed E-state index contributed by atoms with van der Waals surface area (Å²) in [5.74, 6) is 0.218. The topological polar surface area (TPSA) is 100 Å². The van der Waals surface area contributed by atoms with Crippen molar-refractivity contribution in [1.82, 2.24) is 14.5 Å². The van der Waals surface area contributed by atoms with Crippen LogP contribution >= 0.6 is 11.6 Å². The first-order chi connectivity index (χ1) is 14.1. The largest absolute Gasteiger partial charge is 0.394 e. The molecule has 3 N–H and O–H groups in total. The Hall–Kier alpha value is -2.48. The third-order valence-electron chi connectivity index (χ3n) is 4.73. The van der Waals surface area contributed by atoms with E-state index < -0.39 is 6.04 Å².